The Morgan fingerprint density at radius 1 is 1.00 bits per heavy atom. The first kappa shape index (κ1) is 14.2. The van der Waals surface area contributed by atoms with Gasteiger partial charge in [-0.3, -0.25) is 4.79 Å². The Balaban J connectivity index is 2.08. The fraction of sp³-hybridized carbons (Fsp3) is 0.167. The van der Waals surface area contributed by atoms with Crippen molar-refractivity contribution in [2.75, 3.05) is 26.2 Å². The van der Waals surface area contributed by atoms with Crippen LogP contribution in [0.25, 0.3) is 11.6 Å². The second kappa shape index (κ2) is 5.56. The summed E-state index contributed by atoms with van der Waals surface area (Å²) in [5, 5.41) is 0. The van der Waals surface area contributed by atoms with Crippen molar-refractivity contribution in [3.63, 3.8) is 0 Å². The van der Waals surface area contributed by atoms with E-state index in [9.17, 15) is 4.79 Å². The molecule has 1 amide bonds. The number of rotatable bonds is 3. The molecule has 3 rings (SSSR count). The Bertz CT molecular complexity index is 765. The molecule has 0 N–H and O–H groups in total. The average Bonchev–Trinajstić information content (AvgIpc) is 2.80. The average molecular weight is 295 g/mol. The van der Waals surface area contributed by atoms with E-state index in [1.54, 1.807) is 26.2 Å². The zero-order chi connectivity index (χ0) is 15.7. The number of para-hydroxylation sites is 1. The maximum Gasteiger partial charge on any atom is 0.258 e. The second-order valence-electron chi connectivity index (χ2n) is 5.05. The lowest BCUT2D eigenvalue weighted by atomic mass is 10.0. The number of benzene rings is 2. The van der Waals surface area contributed by atoms with Gasteiger partial charge in [-0.25, -0.2) is 0 Å². The van der Waals surface area contributed by atoms with Crippen LogP contribution in [0.1, 0.15) is 11.1 Å². The van der Waals surface area contributed by atoms with Gasteiger partial charge in [0, 0.05) is 18.2 Å². The maximum absolute atomic E-state index is 12.4. The van der Waals surface area contributed by atoms with Crippen LogP contribution >= 0.6 is 0 Å². The van der Waals surface area contributed by atoms with Gasteiger partial charge in [-0.2, -0.15) is 0 Å². The predicted molar refractivity (Wildman–Crippen MR) is 87.3 cm³/mol. The van der Waals surface area contributed by atoms with Gasteiger partial charge in [0.25, 0.3) is 5.91 Å². The third-order valence-electron chi connectivity index (χ3n) is 3.81. The summed E-state index contributed by atoms with van der Waals surface area (Å²) in [6, 6.07) is 13.4. The van der Waals surface area contributed by atoms with E-state index < -0.39 is 0 Å². The highest BCUT2D eigenvalue weighted by molar-refractivity contribution is 6.35. The van der Waals surface area contributed by atoms with E-state index in [0.717, 1.165) is 16.8 Å². The Morgan fingerprint density at radius 3 is 2.45 bits per heavy atom. The fourth-order valence-electron chi connectivity index (χ4n) is 2.65. The van der Waals surface area contributed by atoms with Gasteiger partial charge in [0.15, 0.2) is 11.5 Å². The van der Waals surface area contributed by atoms with E-state index in [4.69, 9.17) is 9.47 Å². The molecule has 0 unspecified atom stereocenters. The lowest BCUT2D eigenvalue weighted by molar-refractivity contribution is -0.112. The number of hydrogen-bond donors (Lipinski definition) is 0. The topological polar surface area (TPSA) is 38.8 Å². The van der Waals surface area contributed by atoms with Crippen molar-refractivity contribution in [2.24, 2.45) is 0 Å². The van der Waals surface area contributed by atoms with Crippen LogP contribution < -0.4 is 14.4 Å². The van der Waals surface area contributed by atoms with E-state index in [0.29, 0.717) is 17.1 Å². The van der Waals surface area contributed by atoms with Crippen LogP contribution in [0.3, 0.4) is 0 Å². The molecule has 1 heterocycles. The molecular formula is C18H17NO3. The minimum absolute atomic E-state index is 0.00372. The molecule has 0 aromatic heterocycles. The summed E-state index contributed by atoms with van der Waals surface area (Å²) in [4.78, 5) is 14.1. The van der Waals surface area contributed by atoms with Crippen molar-refractivity contribution in [1.82, 2.24) is 0 Å². The Kier molecular flexibility index (Phi) is 3.59. The highest BCUT2D eigenvalue weighted by Gasteiger charge is 2.28. The van der Waals surface area contributed by atoms with Crippen molar-refractivity contribution in [3.8, 4) is 11.5 Å². The van der Waals surface area contributed by atoms with Gasteiger partial charge in [0.1, 0.15) is 0 Å². The van der Waals surface area contributed by atoms with Gasteiger partial charge in [0.05, 0.1) is 19.9 Å². The summed E-state index contributed by atoms with van der Waals surface area (Å²) < 4.78 is 10.5. The summed E-state index contributed by atoms with van der Waals surface area (Å²) in [5.74, 6) is 1.31. The minimum atomic E-state index is -0.00372. The van der Waals surface area contributed by atoms with Crippen LogP contribution in [-0.4, -0.2) is 27.2 Å². The quantitative estimate of drug-likeness (QED) is 0.816. The number of likely N-dealkylation sites (N-methyl/N-ethyl adjacent to an activating group) is 1. The predicted octanol–water partition coefficient (Wildman–Crippen LogP) is 3.22. The molecule has 0 bridgehead atoms. The van der Waals surface area contributed by atoms with Gasteiger partial charge in [-0.15, -0.1) is 0 Å². The molecule has 22 heavy (non-hydrogen) atoms. The standard InChI is InChI=1S/C18H17NO3/c1-19-15-7-5-4-6-13(15)14(18(19)20)10-12-8-9-16(21-2)17(11-12)22-3/h4-11H,1-3H3/b14-10-. The van der Waals surface area contributed by atoms with Gasteiger partial charge in [-0.05, 0) is 29.8 Å². The SMILES string of the molecule is COc1ccc(/C=C2\C(=O)N(C)c3ccccc32)cc1OC. The summed E-state index contributed by atoms with van der Waals surface area (Å²) in [5.41, 5.74) is 3.46. The Hall–Kier alpha value is -2.75. The first-order valence-corrected chi connectivity index (χ1v) is 6.97. The van der Waals surface area contributed by atoms with Crippen molar-refractivity contribution in [2.45, 2.75) is 0 Å². The monoisotopic (exact) mass is 295 g/mol. The van der Waals surface area contributed by atoms with Crippen LogP contribution in [-0.2, 0) is 4.79 Å². The Labute approximate surface area is 129 Å². The number of hydrogen-bond acceptors (Lipinski definition) is 3. The molecule has 0 spiro atoms. The second-order valence-corrected chi connectivity index (χ2v) is 5.05. The molecule has 1 aliphatic heterocycles. The third-order valence-corrected chi connectivity index (χ3v) is 3.81. The van der Waals surface area contributed by atoms with E-state index in [2.05, 4.69) is 0 Å². The summed E-state index contributed by atoms with van der Waals surface area (Å²) in [7, 11) is 4.98. The molecule has 0 atom stereocenters. The molecule has 0 radical (unpaired) electrons. The first-order valence-electron chi connectivity index (χ1n) is 6.97. The zero-order valence-electron chi connectivity index (χ0n) is 12.8. The molecule has 0 saturated heterocycles. The molecule has 4 heteroatoms. The van der Waals surface area contributed by atoms with E-state index >= 15 is 0 Å². The number of anilines is 1. The van der Waals surface area contributed by atoms with Crippen molar-refractivity contribution >= 4 is 23.2 Å². The largest absolute Gasteiger partial charge is 0.493 e. The maximum atomic E-state index is 12.4. The van der Waals surface area contributed by atoms with E-state index in [1.807, 2.05) is 48.5 Å². The highest BCUT2D eigenvalue weighted by Crippen LogP contribution is 2.37. The van der Waals surface area contributed by atoms with Crippen molar-refractivity contribution in [3.05, 3.63) is 53.6 Å². The van der Waals surface area contributed by atoms with E-state index in [-0.39, 0.29) is 5.91 Å². The van der Waals surface area contributed by atoms with Crippen LogP contribution in [0.5, 0.6) is 11.5 Å². The minimum Gasteiger partial charge on any atom is -0.493 e. The summed E-state index contributed by atoms with van der Waals surface area (Å²) in [6.45, 7) is 0. The molecular weight excluding hydrogens is 278 g/mol. The Morgan fingerprint density at radius 2 is 1.73 bits per heavy atom. The molecule has 1 aliphatic rings. The third kappa shape index (κ3) is 2.22. The molecule has 4 nitrogen and oxygen atoms in total. The lowest BCUT2D eigenvalue weighted by Crippen LogP contribution is -2.20. The molecule has 2 aromatic rings. The first-order chi connectivity index (χ1) is 10.7. The van der Waals surface area contributed by atoms with Crippen LogP contribution in [0, 0.1) is 0 Å². The highest BCUT2D eigenvalue weighted by atomic mass is 16.5. The molecule has 0 fully saturated rings. The summed E-state index contributed by atoms with van der Waals surface area (Å²) in [6.07, 6.45) is 1.88. The summed E-state index contributed by atoms with van der Waals surface area (Å²) >= 11 is 0. The van der Waals surface area contributed by atoms with E-state index in [1.165, 1.54) is 0 Å². The van der Waals surface area contributed by atoms with Crippen LogP contribution in [0.2, 0.25) is 0 Å². The van der Waals surface area contributed by atoms with Crippen LogP contribution in [0.15, 0.2) is 42.5 Å². The lowest BCUT2D eigenvalue weighted by Gasteiger charge is -2.08. The smallest absolute Gasteiger partial charge is 0.258 e. The van der Waals surface area contributed by atoms with Crippen molar-refractivity contribution in [1.29, 1.82) is 0 Å². The molecule has 2 aromatic carbocycles. The number of carbonyl (C=O) groups is 1. The van der Waals surface area contributed by atoms with Gasteiger partial charge >= 0.3 is 0 Å². The van der Waals surface area contributed by atoms with Crippen LogP contribution in [0.4, 0.5) is 5.69 Å². The normalized spacial score (nSPS) is 15.1. The number of fused-ring (bicyclic) bond motifs is 1. The number of ether oxygens (including phenoxy) is 2. The number of methoxy groups -OCH3 is 2. The number of amides is 1. The molecule has 112 valence electrons. The van der Waals surface area contributed by atoms with Gasteiger partial charge in [0.2, 0.25) is 0 Å². The van der Waals surface area contributed by atoms with Gasteiger partial charge in [-0.1, -0.05) is 24.3 Å². The fourth-order valence-corrected chi connectivity index (χ4v) is 2.65. The number of nitrogens with zero attached hydrogens (tertiary/aromatic N) is 1. The van der Waals surface area contributed by atoms with Crippen molar-refractivity contribution < 1.29 is 14.3 Å². The van der Waals surface area contributed by atoms with Gasteiger partial charge < -0.3 is 14.4 Å². The zero-order valence-corrected chi connectivity index (χ0v) is 12.8. The molecule has 0 saturated carbocycles. The molecule has 0 aliphatic carbocycles. The number of carbonyl (C=O) groups excluding carboxylic acids is 1.